The molecule has 2 heterocycles. The van der Waals surface area contributed by atoms with Crippen LogP contribution < -0.4 is 16.2 Å². The molecule has 0 aliphatic heterocycles. The molecule has 3 amide bonds. The number of nitrogens with zero attached hydrogens (tertiary/aromatic N) is 1. The molecule has 0 spiro atoms. The monoisotopic (exact) mass is 404 g/mol. The summed E-state index contributed by atoms with van der Waals surface area (Å²) >= 11 is 0. The smallest absolute Gasteiger partial charge is 0.327 e. The Labute approximate surface area is 170 Å². The summed E-state index contributed by atoms with van der Waals surface area (Å²) in [5.41, 5.74) is 5.97. The number of amides is 3. The quantitative estimate of drug-likeness (QED) is 0.353. The molecule has 0 atom stereocenters. The fraction of sp³-hybridized carbons (Fsp3) is 0.0476. The minimum atomic E-state index is -1.01. The predicted molar refractivity (Wildman–Crippen MR) is 106 cm³/mol. The Morgan fingerprint density at radius 3 is 2.50 bits per heavy atom. The Hall–Kier alpha value is -4.40. The predicted octanol–water partition coefficient (Wildman–Crippen LogP) is 2.17. The highest BCUT2D eigenvalue weighted by Crippen LogP contribution is 2.29. The van der Waals surface area contributed by atoms with Crippen molar-refractivity contribution >= 4 is 28.6 Å². The number of hydrazine groups is 1. The van der Waals surface area contributed by atoms with Gasteiger partial charge in [0.05, 0.1) is 18.2 Å². The van der Waals surface area contributed by atoms with Gasteiger partial charge in [-0.25, -0.2) is 0 Å². The summed E-state index contributed by atoms with van der Waals surface area (Å²) in [6.07, 6.45) is 1.46. The normalized spacial score (nSPS) is 10.5. The molecule has 0 unspecified atom stereocenters. The molecule has 3 N–H and O–H groups in total. The van der Waals surface area contributed by atoms with Crippen LogP contribution in [0.25, 0.3) is 22.2 Å². The molecule has 4 aromatic rings. The molecule has 0 saturated carbocycles. The van der Waals surface area contributed by atoms with Crippen molar-refractivity contribution in [1.29, 1.82) is 0 Å². The van der Waals surface area contributed by atoms with E-state index in [1.165, 1.54) is 12.3 Å². The summed E-state index contributed by atoms with van der Waals surface area (Å²) in [7, 11) is 0. The third-order valence-corrected chi connectivity index (χ3v) is 4.27. The van der Waals surface area contributed by atoms with Crippen molar-refractivity contribution < 1.29 is 23.3 Å². The Bertz CT molecular complexity index is 1200. The SMILES string of the molecule is O=C(NCc1ccco1)C(=O)NNC(=O)c1ccc2noc(-c3ccccc3)c2c1. The summed E-state index contributed by atoms with van der Waals surface area (Å²) in [4.78, 5) is 36.1. The van der Waals surface area contributed by atoms with Gasteiger partial charge in [-0.3, -0.25) is 25.2 Å². The van der Waals surface area contributed by atoms with Crippen molar-refractivity contribution in [3.63, 3.8) is 0 Å². The van der Waals surface area contributed by atoms with E-state index in [1.54, 1.807) is 24.3 Å². The number of hydrogen-bond acceptors (Lipinski definition) is 6. The van der Waals surface area contributed by atoms with Crippen LogP contribution in [-0.4, -0.2) is 22.9 Å². The van der Waals surface area contributed by atoms with Crippen LogP contribution in [0.1, 0.15) is 16.1 Å². The maximum absolute atomic E-state index is 12.4. The van der Waals surface area contributed by atoms with E-state index >= 15 is 0 Å². The van der Waals surface area contributed by atoms with Crippen molar-refractivity contribution in [2.75, 3.05) is 0 Å². The van der Waals surface area contributed by atoms with E-state index < -0.39 is 17.7 Å². The Balaban J connectivity index is 1.40. The van der Waals surface area contributed by atoms with Gasteiger partial charge in [0.15, 0.2) is 5.76 Å². The van der Waals surface area contributed by atoms with Gasteiger partial charge in [-0.2, -0.15) is 0 Å². The van der Waals surface area contributed by atoms with Gasteiger partial charge in [0.1, 0.15) is 11.3 Å². The third kappa shape index (κ3) is 4.04. The molecule has 0 saturated heterocycles. The number of hydrogen-bond donors (Lipinski definition) is 3. The van der Waals surface area contributed by atoms with Gasteiger partial charge in [0.25, 0.3) is 5.91 Å². The minimum Gasteiger partial charge on any atom is -0.467 e. The van der Waals surface area contributed by atoms with E-state index in [-0.39, 0.29) is 12.1 Å². The lowest BCUT2D eigenvalue weighted by molar-refractivity contribution is -0.139. The molecule has 30 heavy (non-hydrogen) atoms. The lowest BCUT2D eigenvalue weighted by Gasteiger charge is -2.07. The van der Waals surface area contributed by atoms with Crippen molar-refractivity contribution in [3.05, 3.63) is 78.3 Å². The maximum atomic E-state index is 12.4. The summed E-state index contributed by atoms with van der Waals surface area (Å²) in [6, 6.07) is 17.5. The minimum absolute atomic E-state index is 0.0552. The first-order valence-corrected chi connectivity index (χ1v) is 8.97. The number of furan rings is 1. The van der Waals surface area contributed by atoms with E-state index in [0.717, 1.165) is 5.56 Å². The van der Waals surface area contributed by atoms with E-state index in [9.17, 15) is 14.4 Å². The van der Waals surface area contributed by atoms with E-state index in [0.29, 0.717) is 22.4 Å². The molecule has 9 nitrogen and oxygen atoms in total. The van der Waals surface area contributed by atoms with Crippen LogP contribution >= 0.6 is 0 Å². The van der Waals surface area contributed by atoms with Crippen LogP contribution in [-0.2, 0) is 16.1 Å². The molecule has 9 heteroatoms. The van der Waals surface area contributed by atoms with Gasteiger partial charge in [0.2, 0.25) is 0 Å². The molecule has 2 aromatic carbocycles. The topological polar surface area (TPSA) is 126 Å². The summed E-state index contributed by atoms with van der Waals surface area (Å²) in [6.45, 7) is 0.0552. The van der Waals surface area contributed by atoms with Crippen LogP contribution in [0.15, 0.2) is 75.9 Å². The van der Waals surface area contributed by atoms with Crippen LogP contribution in [0.5, 0.6) is 0 Å². The Morgan fingerprint density at radius 2 is 1.73 bits per heavy atom. The molecular weight excluding hydrogens is 388 g/mol. The highest BCUT2D eigenvalue weighted by molar-refractivity contribution is 6.35. The Morgan fingerprint density at radius 1 is 0.900 bits per heavy atom. The number of carbonyl (C=O) groups excluding carboxylic acids is 3. The molecular formula is C21H16N4O5. The molecule has 0 fully saturated rings. The second-order valence-electron chi connectivity index (χ2n) is 6.28. The maximum Gasteiger partial charge on any atom is 0.327 e. The van der Waals surface area contributed by atoms with Crippen molar-refractivity contribution in [1.82, 2.24) is 21.3 Å². The van der Waals surface area contributed by atoms with Gasteiger partial charge < -0.3 is 14.3 Å². The van der Waals surface area contributed by atoms with E-state index in [2.05, 4.69) is 21.3 Å². The Kier molecular flexibility index (Phi) is 5.25. The van der Waals surface area contributed by atoms with Crippen LogP contribution in [0, 0.1) is 0 Å². The number of benzene rings is 2. The summed E-state index contributed by atoms with van der Waals surface area (Å²) in [5.74, 6) is -1.49. The zero-order valence-corrected chi connectivity index (χ0v) is 15.5. The summed E-state index contributed by atoms with van der Waals surface area (Å²) in [5, 5.41) is 7.02. The zero-order valence-electron chi connectivity index (χ0n) is 15.5. The van der Waals surface area contributed by atoms with Crippen molar-refractivity contribution in [3.8, 4) is 11.3 Å². The number of rotatable bonds is 4. The van der Waals surface area contributed by atoms with E-state index in [1.807, 2.05) is 30.3 Å². The van der Waals surface area contributed by atoms with Gasteiger partial charge >= 0.3 is 11.8 Å². The van der Waals surface area contributed by atoms with Gasteiger partial charge in [-0.15, -0.1) is 0 Å². The number of fused-ring (bicyclic) bond motifs is 1. The highest BCUT2D eigenvalue weighted by atomic mass is 16.5. The largest absolute Gasteiger partial charge is 0.467 e. The molecule has 150 valence electrons. The second kappa shape index (κ2) is 8.31. The average molecular weight is 404 g/mol. The first-order chi connectivity index (χ1) is 14.6. The lowest BCUT2D eigenvalue weighted by atomic mass is 10.1. The lowest BCUT2D eigenvalue weighted by Crippen LogP contribution is -2.48. The second-order valence-corrected chi connectivity index (χ2v) is 6.28. The number of aromatic nitrogens is 1. The van der Waals surface area contributed by atoms with Gasteiger partial charge in [0, 0.05) is 11.1 Å². The first kappa shape index (κ1) is 18.9. The van der Waals surface area contributed by atoms with Crippen LogP contribution in [0.2, 0.25) is 0 Å². The van der Waals surface area contributed by atoms with E-state index in [4.69, 9.17) is 8.94 Å². The molecule has 0 radical (unpaired) electrons. The molecule has 0 bridgehead atoms. The molecule has 0 aliphatic carbocycles. The van der Waals surface area contributed by atoms with Gasteiger partial charge in [-0.1, -0.05) is 35.5 Å². The fourth-order valence-corrected chi connectivity index (χ4v) is 2.78. The highest BCUT2D eigenvalue weighted by Gasteiger charge is 2.17. The number of carbonyl (C=O) groups is 3. The third-order valence-electron chi connectivity index (χ3n) is 4.27. The van der Waals surface area contributed by atoms with Crippen LogP contribution in [0.4, 0.5) is 0 Å². The van der Waals surface area contributed by atoms with Crippen molar-refractivity contribution in [2.45, 2.75) is 6.54 Å². The average Bonchev–Trinajstić information content (AvgIpc) is 3.45. The standard InChI is InChI=1S/C21H16N4O5/c26-19(23-24-21(28)20(27)22-12-15-7-4-10-29-15)14-8-9-17-16(11-14)18(30-25-17)13-5-2-1-3-6-13/h1-11H,12H2,(H,22,27)(H,23,26)(H,24,28). The molecule has 0 aliphatic rings. The fourth-order valence-electron chi connectivity index (χ4n) is 2.78. The molecule has 4 rings (SSSR count). The first-order valence-electron chi connectivity index (χ1n) is 8.97. The van der Waals surface area contributed by atoms with Crippen LogP contribution in [0.3, 0.4) is 0 Å². The number of nitrogens with one attached hydrogen (secondary N) is 3. The summed E-state index contributed by atoms with van der Waals surface area (Å²) < 4.78 is 10.5. The molecule has 2 aromatic heterocycles. The van der Waals surface area contributed by atoms with Crippen molar-refractivity contribution in [2.24, 2.45) is 0 Å². The van der Waals surface area contributed by atoms with Gasteiger partial charge in [-0.05, 0) is 30.3 Å². The zero-order chi connectivity index (χ0) is 20.9.